The number of halogens is 4. The number of aromatic nitrogens is 2. The Labute approximate surface area is 193 Å². The van der Waals surface area contributed by atoms with Crippen LogP contribution in [0.15, 0.2) is 42.5 Å². The number of aromatic amines is 1. The van der Waals surface area contributed by atoms with Crippen molar-refractivity contribution in [2.45, 2.75) is 62.9 Å². The summed E-state index contributed by atoms with van der Waals surface area (Å²) >= 11 is 0. The van der Waals surface area contributed by atoms with Gasteiger partial charge in [-0.25, -0.2) is 14.2 Å². The van der Waals surface area contributed by atoms with Gasteiger partial charge in [0.05, 0.1) is 28.2 Å². The van der Waals surface area contributed by atoms with Crippen molar-refractivity contribution in [3.8, 4) is 0 Å². The van der Waals surface area contributed by atoms with Gasteiger partial charge in [0.15, 0.2) is 0 Å². The molecule has 0 radical (unpaired) electrons. The zero-order valence-corrected chi connectivity index (χ0v) is 18.5. The van der Waals surface area contributed by atoms with Crippen molar-refractivity contribution in [2.75, 3.05) is 0 Å². The largest absolute Gasteiger partial charge is 0.419 e. The van der Waals surface area contributed by atoms with E-state index in [4.69, 9.17) is 0 Å². The first-order chi connectivity index (χ1) is 16.0. The van der Waals surface area contributed by atoms with Gasteiger partial charge in [0, 0.05) is 12.5 Å². The molecular weight excluding hydrogens is 452 g/mol. The smallest absolute Gasteiger partial charge is 0.390 e. The van der Waals surface area contributed by atoms with E-state index >= 15 is 0 Å². The monoisotopic (exact) mass is 478 g/mol. The summed E-state index contributed by atoms with van der Waals surface area (Å²) in [6.45, 7) is 1.77. The van der Waals surface area contributed by atoms with Crippen LogP contribution >= 0.6 is 0 Å². The molecule has 1 aliphatic carbocycles. The van der Waals surface area contributed by atoms with Crippen LogP contribution in [0.2, 0.25) is 0 Å². The summed E-state index contributed by atoms with van der Waals surface area (Å²) in [6, 6.07) is 8.65. The predicted octanol–water partition coefficient (Wildman–Crippen LogP) is 5.00. The van der Waals surface area contributed by atoms with E-state index in [1.54, 1.807) is 13.0 Å². The maximum Gasteiger partial charge on any atom is 0.419 e. The fraction of sp³-hybridized carbons (Fsp3) is 0.417. The number of hydrogen-bond acceptors (Lipinski definition) is 3. The minimum Gasteiger partial charge on any atom is -0.390 e. The standard InChI is InChI=1S/C24H26F4N4O2/c1-23(34)10-8-15(9-11-23)29-22(33)32-20(21-30-18-4-2-3-5-19(18)31-21)13-14-6-7-16(17(25)12-14)24(26,27)28/h2-7,12,15,20,34H,8-11,13H2,1H3,(H,30,31)(H2,29,32,33)/t15-,20?,23+. The van der Waals surface area contributed by atoms with Crippen LogP contribution < -0.4 is 10.6 Å². The normalized spacial score (nSPS) is 21.9. The molecule has 4 rings (SSSR count). The molecule has 2 amide bonds. The van der Waals surface area contributed by atoms with Crippen LogP contribution in [-0.2, 0) is 12.6 Å². The molecule has 1 aromatic heterocycles. The average molecular weight is 478 g/mol. The van der Waals surface area contributed by atoms with Crippen LogP contribution in [0.3, 0.4) is 0 Å². The summed E-state index contributed by atoms with van der Waals surface area (Å²) in [5, 5.41) is 15.8. The first kappa shape index (κ1) is 24.0. The molecule has 1 atom stereocenters. The lowest BCUT2D eigenvalue weighted by Gasteiger charge is -2.33. The van der Waals surface area contributed by atoms with Crippen LogP contribution in [0.5, 0.6) is 0 Å². The van der Waals surface area contributed by atoms with Crippen molar-refractivity contribution in [1.29, 1.82) is 0 Å². The number of hydrogen-bond donors (Lipinski definition) is 4. The summed E-state index contributed by atoms with van der Waals surface area (Å²) < 4.78 is 52.9. The van der Waals surface area contributed by atoms with Crippen molar-refractivity contribution in [3.63, 3.8) is 0 Å². The lowest BCUT2D eigenvalue weighted by atomic mass is 9.84. The van der Waals surface area contributed by atoms with Crippen LogP contribution in [0, 0.1) is 5.82 Å². The molecule has 1 unspecified atom stereocenters. The lowest BCUT2D eigenvalue weighted by Crippen LogP contribution is -2.47. The number of urea groups is 1. The Morgan fingerprint density at radius 1 is 1.24 bits per heavy atom. The third kappa shape index (κ3) is 5.67. The van der Waals surface area contributed by atoms with Gasteiger partial charge in [0.25, 0.3) is 0 Å². The van der Waals surface area contributed by atoms with E-state index in [1.165, 1.54) is 6.07 Å². The van der Waals surface area contributed by atoms with Crippen LogP contribution in [-0.4, -0.2) is 32.7 Å². The van der Waals surface area contributed by atoms with Crippen molar-refractivity contribution in [1.82, 2.24) is 20.6 Å². The molecule has 182 valence electrons. The van der Waals surface area contributed by atoms with E-state index in [0.29, 0.717) is 43.1 Å². The first-order valence-electron chi connectivity index (χ1n) is 11.1. The summed E-state index contributed by atoms with van der Waals surface area (Å²) in [7, 11) is 0. The van der Waals surface area contributed by atoms with Crippen molar-refractivity contribution in [3.05, 3.63) is 65.2 Å². The second-order valence-corrected chi connectivity index (χ2v) is 9.10. The zero-order valence-electron chi connectivity index (χ0n) is 18.5. The van der Waals surface area contributed by atoms with Crippen molar-refractivity contribution >= 4 is 17.1 Å². The highest BCUT2D eigenvalue weighted by Gasteiger charge is 2.34. The Balaban J connectivity index is 1.54. The number of H-pyrrole nitrogens is 1. The van der Waals surface area contributed by atoms with Gasteiger partial charge >= 0.3 is 12.2 Å². The van der Waals surface area contributed by atoms with E-state index in [0.717, 1.165) is 11.6 Å². The van der Waals surface area contributed by atoms with Crippen molar-refractivity contribution in [2.24, 2.45) is 0 Å². The van der Waals surface area contributed by atoms with Gasteiger partial charge in [-0.05, 0) is 62.4 Å². The Morgan fingerprint density at radius 3 is 2.59 bits per heavy atom. The first-order valence-corrected chi connectivity index (χ1v) is 11.1. The Bertz CT molecular complexity index is 1130. The highest BCUT2D eigenvalue weighted by atomic mass is 19.4. The maximum absolute atomic E-state index is 14.1. The van der Waals surface area contributed by atoms with E-state index in [-0.39, 0.29) is 18.0 Å². The number of para-hydroxylation sites is 2. The van der Waals surface area contributed by atoms with Crippen molar-refractivity contribution < 1.29 is 27.5 Å². The van der Waals surface area contributed by atoms with Crippen LogP contribution in [0.25, 0.3) is 11.0 Å². The highest BCUT2D eigenvalue weighted by molar-refractivity contribution is 5.76. The van der Waals surface area contributed by atoms with Gasteiger partial charge in [0.2, 0.25) is 0 Å². The molecule has 0 spiro atoms. The molecule has 3 aromatic rings. The Kier molecular flexibility index (Phi) is 6.53. The summed E-state index contributed by atoms with van der Waals surface area (Å²) in [4.78, 5) is 20.4. The van der Waals surface area contributed by atoms with Gasteiger partial charge < -0.3 is 20.7 Å². The fourth-order valence-corrected chi connectivity index (χ4v) is 4.27. The number of amides is 2. The minimum atomic E-state index is -4.79. The number of aliphatic hydroxyl groups is 1. The minimum absolute atomic E-state index is 0.0294. The second kappa shape index (κ2) is 9.25. The van der Waals surface area contributed by atoms with Gasteiger partial charge in [0.1, 0.15) is 11.6 Å². The third-order valence-electron chi connectivity index (χ3n) is 6.22. The molecule has 1 saturated carbocycles. The summed E-state index contributed by atoms with van der Waals surface area (Å²) in [5.41, 5.74) is -0.394. The average Bonchev–Trinajstić information content (AvgIpc) is 3.18. The van der Waals surface area contributed by atoms with Crippen LogP contribution in [0.4, 0.5) is 22.4 Å². The Morgan fingerprint density at radius 2 is 1.94 bits per heavy atom. The number of nitrogens with one attached hydrogen (secondary N) is 3. The molecule has 34 heavy (non-hydrogen) atoms. The van der Waals surface area contributed by atoms with E-state index in [2.05, 4.69) is 20.6 Å². The number of alkyl halides is 3. The second-order valence-electron chi connectivity index (χ2n) is 9.10. The topological polar surface area (TPSA) is 90.0 Å². The highest BCUT2D eigenvalue weighted by Crippen LogP contribution is 2.32. The molecular formula is C24H26F4N4O2. The fourth-order valence-electron chi connectivity index (χ4n) is 4.27. The molecule has 4 N–H and O–H groups in total. The molecule has 6 nitrogen and oxygen atoms in total. The molecule has 0 aliphatic heterocycles. The molecule has 1 fully saturated rings. The predicted molar refractivity (Wildman–Crippen MR) is 118 cm³/mol. The Hall–Kier alpha value is -3.14. The molecule has 2 aromatic carbocycles. The number of fused-ring (bicyclic) bond motifs is 1. The molecule has 1 aliphatic rings. The number of benzene rings is 2. The molecule has 1 heterocycles. The maximum atomic E-state index is 14.1. The summed E-state index contributed by atoms with van der Waals surface area (Å²) in [5.74, 6) is -0.963. The lowest BCUT2D eigenvalue weighted by molar-refractivity contribution is -0.140. The SMILES string of the molecule is C[C@]1(O)CC[C@@H](NC(=O)NC(Cc2ccc(C(F)(F)F)c(F)c2)c2nc3ccccc3[nH]2)CC1. The van der Waals surface area contributed by atoms with Gasteiger partial charge in [-0.3, -0.25) is 0 Å². The van der Waals surface area contributed by atoms with E-state index in [1.807, 2.05) is 18.2 Å². The zero-order chi connectivity index (χ0) is 24.5. The molecule has 10 heteroatoms. The number of carbonyl (C=O) groups excluding carboxylic acids is 1. The number of nitrogens with zero attached hydrogens (tertiary/aromatic N) is 1. The number of rotatable bonds is 5. The number of carbonyl (C=O) groups is 1. The van der Waals surface area contributed by atoms with Gasteiger partial charge in [-0.1, -0.05) is 18.2 Å². The van der Waals surface area contributed by atoms with Gasteiger partial charge in [-0.2, -0.15) is 13.2 Å². The molecule has 0 bridgehead atoms. The summed E-state index contributed by atoms with van der Waals surface area (Å²) in [6.07, 6.45) is -2.38. The van der Waals surface area contributed by atoms with Gasteiger partial charge in [-0.15, -0.1) is 0 Å². The van der Waals surface area contributed by atoms with Crippen LogP contribution in [0.1, 0.15) is 55.6 Å². The third-order valence-corrected chi connectivity index (χ3v) is 6.22. The number of imidazole rings is 1. The van der Waals surface area contributed by atoms with E-state index < -0.39 is 35.2 Å². The quantitative estimate of drug-likeness (QED) is 0.389. The molecule has 0 saturated heterocycles. The van der Waals surface area contributed by atoms with E-state index in [9.17, 15) is 27.5 Å².